The molecule has 5 rings (SSSR count). The van der Waals surface area contributed by atoms with Gasteiger partial charge in [-0.1, -0.05) is 91.0 Å². The number of nitrogens with one attached hydrogen (secondary N) is 1. The van der Waals surface area contributed by atoms with Crippen LogP contribution in [0.25, 0.3) is 0 Å². The molecule has 37 heavy (non-hydrogen) atoms. The Kier molecular flexibility index (Phi) is 7.36. The lowest BCUT2D eigenvalue weighted by Crippen LogP contribution is -2.68. The molecule has 0 bridgehead atoms. The number of hydrogen-bond acceptors (Lipinski definition) is 3. The van der Waals surface area contributed by atoms with Gasteiger partial charge < -0.3 is 15.1 Å². The standard InChI is InChI=1S/C32H40N4O/c1-31(26-13-7-4-8-14-26,27-19-21-34(3)22-20-27)35-23-24-36(30(37)33-2)32(25-35,28-15-9-5-10-16-28)29-17-11-6-12-18-29/h4-18,27H,19-25H2,1-3H3,(H,33,37). The van der Waals surface area contributed by atoms with Crippen molar-refractivity contribution in [2.24, 2.45) is 5.92 Å². The second-order valence-electron chi connectivity index (χ2n) is 10.8. The number of amides is 2. The summed E-state index contributed by atoms with van der Waals surface area (Å²) in [6.07, 6.45) is 2.34. The van der Waals surface area contributed by atoms with Gasteiger partial charge in [0.1, 0.15) is 5.54 Å². The third-order valence-electron chi connectivity index (χ3n) is 8.96. The van der Waals surface area contributed by atoms with Crippen LogP contribution in [0.15, 0.2) is 91.0 Å². The van der Waals surface area contributed by atoms with Crippen molar-refractivity contribution >= 4 is 6.03 Å². The monoisotopic (exact) mass is 496 g/mol. The fourth-order valence-corrected chi connectivity index (χ4v) is 6.77. The molecule has 5 nitrogen and oxygen atoms in total. The fourth-order valence-electron chi connectivity index (χ4n) is 6.77. The summed E-state index contributed by atoms with van der Waals surface area (Å²) in [6.45, 7) is 6.90. The average Bonchev–Trinajstić information content (AvgIpc) is 2.97. The summed E-state index contributed by atoms with van der Waals surface area (Å²) in [5, 5.41) is 2.95. The molecule has 1 N–H and O–H groups in total. The van der Waals surface area contributed by atoms with Crippen molar-refractivity contribution in [3.63, 3.8) is 0 Å². The highest BCUT2D eigenvalue weighted by Gasteiger charge is 2.52. The van der Waals surface area contributed by atoms with Gasteiger partial charge in [0, 0.05) is 32.2 Å². The predicted octanol–water partition coefficient (Wildman–Crippen LogP) is 5.14. The van der Waals surface area contributed by atoms with E-state index in [9.17, 15) is 4.79 Å². The van der Waals surface area contributed by atoms with Crippen LogP contribution < -0.4 is 5.32 Å². The molecule has 0 spiro atoms. The Hall–Kier alpha value is -3.15. The topological polar surface area (TPSA) is 38.8 Å². The van der Waals surface area contributed by atoms with Gasteiger partial charge in [0.2, 0.25) is 0 Å². The minimum atomic E-state index is -0.609. The Labute approximate surface area is 222 Å². The number of piperazine rings is 1. The number of likely N-dealkylation sites (tertiary alicyclic amines) is 1. The lowest BCUT2D eigenvalue weighted by atomic mass is 9.71. The van der Waals surface area contributed by atoms with Crippen LogP contribution in [-0.2, 0) is 11.1 Å². The van der Waals surface area contributed by atoms with E-state index in [2.05, 4.69) is 125 Å². The molecule has 2 saturated heterocycles. The van der Waals surface area contributed by atoms with Gasteiger partial charge in [-0.25, -0.2) is 4.79 Å². The molecule has 2 heterocycles. The van der Waals surface area contributed by atoms with Crippen molar-refractivity contribution in [3.05, 3.63) is 108 Å². The highest BCUT2D eigenvalue weighted by atomic mass is 16.2. The van der Waals surface area contributed by atoms with Crippen molar-refractivity contribution in [2.75, 3.05) is 46.8 Å². The first-order valence-corrected chi connectivity index (χ1v) is 13.6. The molecule has 1 unspecified atom stereocenters. The second-order valence-corrected chi connectivity index (χ2v) is 10.8. The van der Waals surface area contributed by atoms with Crippen LogP contribution in [0.2, 0.25) is 0 Å². The highest BCUT2D eigenvalue weighted by Crippen LogP contribution is 2.47. The van der Waals surface area contributed by atoms with Crippen LogP contribution in [0, 0.1) is 5.92 Å². The van der Waals surface area contributed by atoms with Gasteiger partial charge in [-0.15, -0.1) is 0 Å². The number of benzene rings is 3. The van der Waals surface area contributed by atoms with Gasteiger partial charge in [0.15, 0.2) is 0 Å². The molecule has 194 valence electrons. The number of nitrogens with zero attached hydrogens (tertiary/aromatic N) is 3. The van der Waals surface area contributed by atoms with Gasteiger partial charge in [0.25, 0.3) is 0 Å². The van der Waals surface area contributed by atoms with Crippen LogP contribution in [0.5, 0.6) is 0 Å². The Morgan fingerprint density at radius 1 is 0.811 bits per heavy atom. The first kappa shape index (κ1) is 25.5. The van der Waals surface area contributed by atoms with E-state index >= 15 is 0 Å². The van der Waals surface area contributed by atoms with Crippen LogP contribution in [0.1, 0.15) is 36.5 Å². The largest absolute Gasteiger partial charge is 0.341 e. The van der Waals surface area contributed by atoms with E-state index in [0.717, 1.165) is 37.3 Å². The van der Waals surface area contributed by atoms with Gasteiger partial charge in [0.05, 0.1) is 0 Å². The third-order valence-corrected chi connectivity index (χ3v) is 8.96. The summed E-state index contributed by atoms with van der Waals surface area (Å²) in [6, 6.07) is 32.2. The van der Waals surface area contributed by atoms with E-state index in [1.165, 1.54) is 18.4 Å². The van der Waals surface area contributed by atoms with E-state index in [1.54, 1.807) is 7.05 Å². The van der Waals surface area contributed by atoms with Gasteiger partial charge in [-0.05, 0) is 62.5 Å². The average molecular weight is 497 g/mol. The van der Waals surface area contributed by atoms with Crippen molar-refractivity contribution in [1.82, 2.24) is 20.0 Å². The summed E-state index contributed by atoms with van der Waals surface area (Å²) in [5.41, 5.74) is 2.91. The zero-order valence-corrected chi connectivity index (χ0v) is 22.4. The maximum atomic E-state index is 13.5. The van der Waals surface area contributed by atoms with Crippen LogP contribution in [-0.4, -0.2) is 67.5 Å². The van der Waals surface area contributed by atoms with Crippen molar-refractivity contribution in [3.8, 4) is 0 Å². The molecule has 0 aromatic heterocycles. The summed E-state index contributed by atoms with van der Waals surface area (Å²) >= 11 is 0. The smallest absolute Gasteiger partial charge is 0.318 e. The maximum Gasteiger partial charge on any atom is 0.318 e. The van der Waals surface area contributed by atoms with Crippen molar-refractivity contribution in [2.45, 2.75) is 30.8 Å². The minimum absolute atomic E-state index is 0.0342. The number of rotatable bonds is 5. The van der Waals surface area contributed by atoms with Crippen LogP contribution >= 0.6 is 0 Å². The van der Waals surface area contributed by atoms with E-state index in [0.29, 0.717) is 12.5 Å². The van der Waals surface area contributed by atoms with E-state index in [-0.39, 0.29) is 11.6 Å². The highest BCUT2D eigenvalue weighted by molar-refractivity contribution is 5.76. The normalized spacial score (nSPS) is 20.8. The van der Waals surface area contributed by atoms with Gasteiger partial charge in [-0.3, -0.25) is 4.90 Å². The fraction of sp³-hybridized carbons (Fsp3) is 0.406. The summed E-state index contributed by atoms with van der Waals surface area (Å²) in [7, 11) is 3.97. The predicted molar refractivity (Wildman–Crippen MR) is 150 cm³/mol. The molecule has 2 aliphatic rings. The Balaban J connectivity index is 1.67. The van der Waals surface area contributed by atoms with Crippen molar-refractivity contribution in [1.29, 1.82) is 0 Å². The molecule has 0 saturated carbocycles. The minimum Gasteiger partial charge on any atom is -0.341 e. The quantitative estimate of drug-likeness (QED) is 0.531. The molecular formula is C32H40N4O. The first-order valence-electron chi connectivity index (χ1n) is 13.6. The van der Waals surface area contributed by atoms with E-state index in [4.69, 9.17) is 0 Å². The SMILES string of the molecule is CNC(=O)N1CCN(C(C)(c2ccccc2)C2CCN(C)CC2)CC1(c1ccccc1)c1ccccc1. The number of carbonyl (C=O) groups is 1. The lowest BCUT2D eigenvalue weighted by molar-refractivity contribution is -0.0512. The molecule has 5 heteroatoms. The van der Waals surface area contributed by atoms with Crippen LogP contribution in [0.4, 0.5) is 4.79 Å². The number of hydrogen-bond donors (Lipinski definition) is 1. The molecule has 1 atom stereocenters. The second kappa shape index (κ2) is 10.7. The maximum absolute atomic E-state index is 13.5. The molecule has 2 aliphatic heterocycles. The molecule has 2 fully saturated rings. The van der Waals surface area contributed by atoms with E-state index < -0.39 is 5.54 Å². The molecule has 3 aromatic rings. The number of carbonyl (C=O) groups excluding carboxylic acids is 1. The number of urea groups is 1. The zero-order valence-electron chi connectivity index (χ0n) is 22.4. The van der Waals surface area contributed by atoms with E-state index in [1.807, 2.05) is 0 Å². The van der Waals surface area contributed by atoms with Crippen LogP contribution in [0.3, 0.4) is 0 Å². The first-order chi connectivity index (χ1) is 18.0. The summed E-state index contributed by atoms with van der Waals surface area (Å²) in [5.74, 6) is 0.530. The summed E-state index contributed by atoms with van der Waals surface area (Å²) < 4.78 is 0. The number of piperidine rings is 1. The molecule has 3 aromatic carbocycles. The molecule has 2 amide bonds. The Morgan fingerprint density at radius 2 is 1.32 bits per heavy atom. The molecule has 0 aliphatic carbocycles. The molecule has 0 radical (unpaired) electrons. The van der Waals surface area contributed by atoms with Gasteiger partial charge >= 0.3 is 6.03 Å². The van der Waals surface area contributed by atoms with Crippen molar-refractivity contribution < 1.29 is 4.79 Å². The van der Waals surface area contributed by atoms with Gasteiger partial charge in [-0.2, -0.15) is 0 Å². The lowest BCUT2D eigenvalue weighted by Gasteiger charge is -2.58. The summed E-state index contributed by atoms with van der Waals surface area (Å²) in [4.78, 5) is 20.7. The molecular weight excluding hydrogens is 456 g/mol. The Morgan fingerprint density at radius 3 is 1.84 bits per heavy atom. The zero-order chi connectivity index (χ0) is 25.9. The third kappa shape index (κ3) is 4.55. The Bertz CT molecular complexity index is 1120.